The van der Waals surface area contributed by atoms with Crippen LogP contribution in [0.15, 0.2) is 12.2 Å². The first-order valence-corrected chi connectivity index (χ1v) is 15.1. The number of carbonyl (C=O) groups is 3. The second-order valence-electron chi connectivity index (χ2n) is 12.9. The largest absolute Gasteiger partial charge is 0.462 e. The topological polar surface area (TPSA) is 135 Å². The van der Waals surface area contributed by atoms with Gasteiger partial charge in [0.05, 0.1) is 30.8 Å². The van der Waals surface area contributed by atoms with Crippen molar-refractivity contribution in [1.29, 1.82) is 0 Å². The van der Waals surface area contributed by atoms with Gasteiger partial charge >= 0.3 is 5.97 Å². The minimum absolute atomic E-state index is 0.0707. The molecule has 3 rings (SSSR count). The molecule has 0 spiro atoms. The molecule has 2 fully saturated rings. The normalized spacial score (nSPS) is 45.5. The molecule has 0 amide bonds. The Bertz CT molecular complexity index is 941. The Kier molecular flexibility index (Phi) is 11.7. The Morgan fingerprint density at radius 1 is 1.12 bits per heavy atom. The minimum Gasteiger partial charge on any atom is -0.462 e. The van der Waals surface area contributed by atoms with Crippen LogP contribution in [-0.4, -0.2) is 102 Å². The van der Waals surface area contributed by atoms with E-state index < -0.39 is 60.0 Å². The molecule has 10 nitrogen and oxygen atoms in total. The number of epoxide rings is 1. The van der Waals surface area contributed by atoms with Gasteiger partial charge in [-0.25, -0.2) is 0 Å². The molecule has 0 saturated carbocycles. The highest BCUT2D eigenvalue weighted by atomic mass is 16.7. The molecular formula is C31H51NO9. The van der Waals surface area contributed by atoms with Crippen LogP contribution in [0.3, 0.4) is 0 Å². The number of ether oxygens (including phenoxy) is 4. The van der Waals surface area contributed by atoms with Gasteiger partial charge in [-0.3, -0.25) is 9.59 Å². The van der Waals surface area contributed by atoms with E-state index in [2.05, 4.69) is 0 Å². The standard InChI is InChI=1S/C31H51NO9/c1-9-25-20(5)29-31(6,41-29)12-10-23(34)17(2)14-21(11-13-33)28(19(4)24(35)16-26(36)39-25)40-30-27(37)22(32(7)8)15-18(3)38-30/h10,12-13,17-22,24-25,27-30,35,37H,9,11,14-16H2,1-8H3/b12-10+/t17-,18?,19+,20-,21+,22?,24-,25-,27?,28-,29+,30?,31+/m1/s1. The van der Waals surface area contributed by atoms with Gasteiger partial charge in [-0.15, -0.1) is 0 Å². The van der Waals surface area contributed by atoms with Crippen molar-refractivity contribution in [3.05, 3.63) is 12.2 Å². The smallest absolute Gasteiger partial charge is 0.308 e. The minimum atomic E-state index is -1.15. The van der Waals surface area contributed by atoms with E-state index in [-0.39, 0.29) is 42.8 Å². The number of aliphatic hydroxyl groups is 2. The van der Waals surface area contributed by atoms with E-state index >= 15 is 0 Å². The molecule has 4 unspecified atom stereocenters. The Hall–Kier alpha value is -1.69. The number of fused-ring (bicyclic) bond motifs is 1. The van der Waals surface area contributed by atoms with Gasteiger partial charge in [0.2, 0.25) is 0 Å². The molecule has 0 radical (unpaired) electrons. The average Bonchev–Trinajstić information content (AvgIpc) is 3.60. The van der Waals surface area contributed by atoms with Crippen molar-refractivity contribution < 1.29 is 43.5 Å². The van der Waals surface area contributed by atoms with Crippen LogP contribution in [0, 0.1) is 23.7 Å². The van der Waals surface area contributed by atoms with E-state index in [1.807, 2.05) is 53.6 Å². The highest BCUT2D eigenvalue weighted by Crippen LogP contribution is 2.45. The number of rotatable bonds is 6. The summed E-state index contributed by atoms with van der Waals surface area (Å²) in [6.45, 7) is 11.3. The van der Waals surface area contributed by atoms with Crippen LogP contribution >= 0.6 is 0 Å². The SMILES string of the molecule is CC[C@H]1OC(=O)C[C@@H](O)[C@H](C)[C@@H](OC2OC(C)CC(N(C)C)C2O)[C@@H](CC=O)C[C@@H](C)C(=O)/C=C/[C@]2(C)O[C@H]2[C@@H]1C. The van der Waals surface area contributed by atoms with Crippen molar-refractivity contribution in [3.8, 4) is 0 Å². The van der Waals surface area contributed by atoms with Crippen LogP contribution in [0.25, 0.3) is 0 Å². The lowest BCUT2D eigenvalue weighted by Crippen LogP contribution is -2.56. The predicted octanol–water partition coefficient (Wildman–Crippen LogP) is 2.67. The van der Waals surface area contributed by atoms with Gasteiger partial charge in [-0.05, 0) is 65.3 Å². The summed E-state index contributed by atoms with van der Waals surface area (Å²) < 4.78 is 24.2. The van der Waals surface area contributed by atoms with E-state index in [1.54, 1.807) is 19.1 Å². The molecular weight excluding hydrogens is 530 g/mol. The molecule has 0 aliphatic carbocycles. The maximum Gasteiger partial charge on any atom is 0.308 e. The first-order chi connectivity index (χ1) is 19.2. The Morgan fingerprint density at radius 2 is 1.80 bits per heavy atom. The lowest BCUT2D eigenvalue weighted by Gasteiger charge is -2.44. The van der Waals surface area contributed by atoms with Gasteiger partial charge in [0.25, 0.3) is 0 Å². The number of allylic oxidation sites excluding steroid dienone is 1. The molecule has 41 heavy (non-hydrogen) atoms. The second kappa shape index (κ2) is 14.2. The van der Waals surface area contributed by atoms with Gasteiger partial charge in [0.15, 0.2) is 12.1 Å². The Morgan fingerprint density at radius 3 is 2.41 bits per heavy atom. The molecule has 10 heteroatoms. The monoisotopic (exact) mass is 581 g/mol. The molecule has 3 aliphatic heterocycles. The molecule has 0 aromatic carbocycles. The number of aldehydes is 1. The summed E-state index contributed by atoms with van der Waals surface area (Å²) in [5.74, 6) is -2.32. The van der Waals surface area contributed by atoms with Gasteiger partial charge in [0, 0.05) is 30.2 Å². The fourth-order valence-corrected chi connectivity index (χ4v) is 6.50. The number of likely N-dealkylation sites (N-methyl/N-ethyl adjacent to an activating group) is 1. The summed E-state index contributed by atoms with van der Waals surface area (Å²) in [5.41, 5.74) is -0.637. The fraction of sp³-hybridized carbons (Fsp3) is 0.839. The third-order valence-corrected chi connectivity index (χ3v) is 9.29. The van der Waals surface area contributed by atoms with Crippen molar-refractivity contribution in [2.75, 3.05) is 14.1 Å². The van der Waals surface area contributed by atoms with E-state index in [0.29, 0.717) is 19.3 Å². The average molecular weight is 582 g/mol. The summed E-state index contributed by atoms with van der Waals surface area (Å²) >= 11 is 0. The van der Waals surface area contributed by atoms with Crippen molar-refractivity contribution in [2.24, 2.45) is 23.7 Å². The number of hydrogen-bond acceptors (Lipinski definition) is 10. The third-order valence-electron chi connectivity index (χ3n) is 9.29. The molecule has 3 aliphatic rings. The van der Waals surface area contributed by atoms with E-state index in [0.717, 1.165) is 6.29 Å². The number of esters is 1. The highest BCUT2D eigenvalue weighted by molar-refractivity contribution is 5.91. The molecule has 0 aromatic rings. The van der Waals surface area contributed by atoms with Crippen LogP contribution in [0.1, 0.15) is 73.6 Å². The number of ketones is 1. The summed E-state index contributed by atoms with van der Waals surface area (Å²) in [4.78, 5) is 40.0. The first kappa shape index (κ1) is 33.8. The molecule has 2 saturated heterocycles. The zero-order chi connectivity index (χ0) is 30.6. The van der Waals surface area contributed by atoms with E-state index in [1.165, 1.54) is 0 Å². The Labute approximate surface area is 244 Å². The lowest BCUT2D eigenvalue weighted by atomic mass is 9.79. The van der Waals surface area contributed by atoms with Crippen LogP contribution in [0.5, 0.6) is 0 Å². The van der Waals surface area contributed by atoms with Gasteiger partial charge in [-0.2, -0.15) is 0 Å². The summed E-state index contributed by atoms with van der Waals surface area (Å²) in [7, 11) is 3.76. The van der Waals surface area contributed by atoms with Crippen molar-refractivity contribution in [3.63, 3.8) is 0 Å². The quantitative estimate of drug-likeness (QED) is 0.274. The number of cyclic esters (lactones) is 1. The van der Waals surface area contributed by atoms with Crippen LogP contribution in [-0.2, 0) is 33.3 Å². The predicted molar refractivity (Wildman–Crippen MR) is 152 cm³/mol. The first-order valence-electron chi connectivity index (χ1n) is 15.1. The molecule has 13 atom stereocenters. The zero-order valence-corrected chi connectivity index (χ0v) is 25.9. The summed E-state index contributed by atoms with van der Waals surface area (Å²) in [6.07, 6.45) is 0.627. The number of nitrogens with zero attached hydrogens (tertiary/aromatic N) is 1. The highest BCUT2D eigenvalue weighted by Gasteiger charge is 2.55. The summed E-state index contributed by atoms with van der Waals surface area (Å²) in [5, 5.41) is 22.4. The van der Waals surface area contributed by atoms with Crippen molar-refractivity contribution in [1.82, 2.24) is 4.90 Å². The second-order valence-corrected chi connectivity index (χ2v) is 12.9. The molecule has 0 aromatic heterocycles. The maximum atomic E-state index is 13.2. The molecule has 234 valence electrons. The molecule has 0 bridgehead atoms. The van der Waals surface area contributed by atoms with Crippen LogP contribution in [0.2, 0.25) is 0 Å². The van der Waals surface area contributed by atoms with Gasteiger partial charge < -0.3 is 38.9 Å². The van der Waals surface area contributed by atoms with Crippen molar-refractivity contribution in [2.45, 2.75) is 128 Å². The zero-order valence-electron chi connectivity index (χ0n) is 25.9. The van der Waals surface area contributed by atoms with E-state index in [4.69, 9.17) is 18.9 Å². The number of hydrogen-bond donors (Lipinski definition) is 2. The molecule has 3 heterocycles. The fourth-order valence-electron chi connectivity index (χ4n) is 6.50. The van der Waals surface area contributed by atoms with Crippen LogP contribution < -0.4 is 0 Å². The van der Waals surface area contributed by atoms with Crippen LogP contribution in [0.4, 0.5) is 0 Å². The number of aliphatic hydroxyl groups excluding tert-OH is 2. The number of carbonyl (C=O) groups excluding carboxylic acids is 3. The van der Waals surface area contributed by atoms with Crippen molar-refractivity contribution >= 4 is 18.0 Å². The van der Waals surface area contributed by atoms with E-state index in [9.17, 15) is 24.6 Å². The molecule has 2 N–H and O–H groups in total. The van der Waals surface area contributed by atoms with Gasteiger partial charge in [-0.1, -0.05) is 27.7 Å². The maximum absolute atomic E-state index is 13.2. The third kappa shape index (κ3) is 8.24. The van der Waals surface area contributed by atoms with Gasteiger partial charge in [0.1, 0.15) is 24.1 Å². The lowest BCUT2D eigenvalue weighted by molar-refractivity contribution is -0.283. The summed E-state index contributed by atoms with van der Waals surface area (Å²) in [6, 6.07) is -0.219. The Balaban J connectivity index is 1.95.